The van der Waals surface area contributed by atoms with Crippen molar-refractivity contribution in [2.75, 3.05) is 7.11 Å². The molecule has 2 aromatic heterocycles. The summed E-state index contributed by atoms with van der Waals surface area (Å²) in [5.74, 6) is 0.711. The molecule has 1 fully saturated rings. The molecule has 0 bridgehead atoms. The summed E-state index contributed by atoms with van der Waals surface area (Å²) in [6.07, 6.45) is 7.76. The lowest BCUT2D eigenvalue weighted by Gasteiger charge is -2.29. The zero-order valence-corrected chi connectivity index (χ0v) is 22.3. The number of methoxy groups -OCH3 is 1. The van der Waals surface area contributed by atoms with Gasteiger partial charge in [-0.2, -0.15) is 0 Å². The molecule has 1 saturated carbocycles. The number of aromatic carboxylic acids is 1. The average Bonchev–Trinajstić information content (AvgIpc) is 3.50. The van der Waals surface area contributed by atoms with Crippen molar-refractivity contribution in [3.63, 3.8) is 0 Å². The predicted octanol–water partition coefficient (Wildman–Crippen LogP) is 5.98. The Hall–Kier alpha value is -3.33. The van der Waals surface area contributed by atoms with Gasteiger partial charge in [-0.05, 0) is 56.0 Å². The first-order chi connectivity index (χ1) is 17.9. The molecule has 0 spiro atoms. The number of hydrogen-bond acceptors (Lipinski definition) is 6. The molecule has 8 nitrogen and oxygen atoms in total. The van der Waals surface area contributed by atoms with Gasteiger partial charge in [0.25, 0.3) is 0 Å². The summed E-state index contributed by atoms with van der Waals surface area (Å²) < 4.78 is 13.2. The van der Waals surface area contributed by atoms with Crippen LogP contribution in [0, 0.1) is 12.8 Å². The van der Waals surface area contributed by atoms with Crippen LogP contribution in [0.5, 0.6) is 11.5 Å². The summed E-state index contributed by atoms with van der Waals surface area (Å²) in [6.45, 7) is 2.14. The molecule has 3 N–H and O–H groups in total. The molecule has 1 aliphatic rings. The summed E-state index contributed by atoms with van der Waals surface area (Å²) in [6, 6.07) is 9.04. The Morgan fingerprint density at radius 2 is 1.89 bits per heavy atom. The lowest BCUT2D eigenvalue weighted by molar-refractivity contribution is -0.118. The van der Waals surface area contributed by atoms with Crippen molar-refractivity contribution in [2.24, 2.45) is 11.7 Å². The van der Waals surface area contributed by atoms with E-state index in [4.69, 9.17) is 20.2 Å². The summed E-state index contributed by atoms with van der Waals surface area (Å²) >= 11 is 1.47. The van der Waals surface area contributed by atoms with Crippen molar-refractivity contribution < 1.29 is 24.2 Å². The van der Waals surface area contributed by atoms with Crippen LogP contribution in [-0.2, 0) is 11.4 Å². The molecule has 0 radical (unpaired) electrons. The fourth-order valence-corrected chi connectivity index (χ4v) is 5.99. The lowest BCUT2D eigenvalue weighted by atomic mass is 9.83. The number of aromatic nitrogens is 2. The molecule has 198 valence electrons. The first kappa shape index (κ1) is 26.7. The quantitative estimate of drug-likeness (QED) is 0.300. The Morgan fingerprint density at radius 1 is 1.19 bits per heavy atom. The SMILES string of the molecule is COc1ccc(OCc2nc(-c3cc(C(=O)O)c(C)n3C(CCC(N)=O)CC3CCCCC3)cs2)cc1. The molecule has 1 amide bonds. The van der Waals surface area contributed by atoms with E-state index in [0.717, 1.165) is 35.7 Å². The van der Waals surface area contributed by atoms with Crippen LogP contribution in [0.15, 0.2) is 35.7 Å². The van der Waals surface area contributed by atoms with Crippen molar-refractivity contribution >= 4 is 23.2 Å². The number of carboxylic acids is 1. The van der Waals surface area contributed by atoms with Crippen molar-refractivity contribution in [2.45, 2.75) is 70.9 Å². The van der Waals surface area contributed by atoms with E-state index in [1.807, 2.05) is 36.6 Å². The highest BCUT2D eigenvalue weighted by molar-refractivity contribution is 7.09. The third kappa shape index (κ3) is 6.71. The molecule has 1 unspecified atom stereocenters. The Morgan fingerprint density at radius 3 is 2.54 bits per heavy atom. The van der Waals surface area contributed by atoms with E-state index in [2.05, 4.69) is 4.57 Å². The van der Waals surface area contributed by atoms with Crippen LogP contribution in [0.4, 0.5) is 0 Å². The molecule has 9 heteroatoms. The van der Waals surface area contributed by atoms with Gasteiger partial charge < -0.3 is 24.9 Å². The Balaban J connectivity index is 1.61. The third-order valence-electron chi connectivity index (χ3n) is 7.18. The van der Waals surface area contributed by atoms with E-state index in [0.29, 0.717) is 36.1 Å². The van der Waals surface area contributed by atoms with Gasteiger partial charge in [0.2, 0.25) is 5.91 Å². The zero-order valence-electron chi connectivity index (χ0n) is 21.4. The number of thiazole rings is 1. The Labute approximate surface area is 221 Å². The molecule has 1 atom stereocenters. The van der Waals surface area contributed by atoms with Gasteiger partial charge in [-0.25, -0.2) is 9.78 Å². The maximum absolute atomic E-state index is 12.1. The number of ether oxygens (including phenoxy) is 2. The fourth-order valence-electron chi connectivity index (χ4n) is 5.29. The van der Waals surface area contributed by atoms with Crippen molar-refractivity contribution in [3.8, 4) is 22.9 Å². The molecule has 0 saturated heterocycles. The van der Waals surface area contributed by atoms with Gasteiger partial charge in [0.05, 0.1) is 24.1 Å². The van der Waals surface area contributed by atoms with Crippen LogP contribution < -0.4 is 15.2 Å². The largest absolute Gasteiger partial charge is 0.497 e. The predicted molar refractivity (Wildman–Crippen MR) is 143 cm³/mol. The van der Waals surface area contributed by atoms with Crippen LogP contribution in [-0.4, -0.2) is 33.6 Å². The van der Waals surface area contributed by atoms with E-state index in [9.17, 15) is 14.7 Å². The number of carboxylic acid groups (broad SMARTS) is 1. The maximum atomic E-state index is 12.1. The molecule has 1 aliphatic carbocycles. The number of nitrogens with two attached hydrogens (primary N) is 1. The first-order valence-electron chi connectivity index (χ1n) is 12.8. The number of hydrogen-bond donors (Lipinski definition) is 2. The van der Waals surface area contributed by atoms with Crippen LogP contribution in [0.25, 0.3) is 11.4 Å². The number of benzene rings is 1. The van der Waals surface area contributed by atoms with Gasteiger partial charge in [0, 0.05) is 23.5 Å². The standard InChI is InChI=1S/C28H35N3O5S/c1-18-23(28(33)34)15-25(31(18)20(8-13-26(29)32)14-19-6-4-3-5-7-19)24-17-37-27(30-24)16-36-22-11-9-21(35-2)10-12-22/h9-12,15,17,19-20H,3-8,13-14,16H2,1-2H3,(H2,29,32)(H,33,34). The van der Waals surface area contributed by atoms with Crippen LogP contribution >= 0.6 is 11.3 Å². The van der Waals surface area contributed by atoms with E-state index < -0.39 is 5.97 Å². The monoisotopic (exact) mass is 525 g/mol. The molecular formula is C28H35N3O5S. The number of rotatable bonds is 12. The van der Waals surface area contributed by atoms with E-state index >= 15 is 0 Å². The van der Waals surface area contributed by atoms with Gasteiger partial charge in [0.15, 0.2) is 0 Å². The highest BCUT2D eigenvalue weighted by Gasteiger charge is 2.27. The van der Waals surface area contributed by atoms with Gasteiger partial charge in [-0.1, -0.05) is 32.1 Å². The first-order valence-corrected chi connectivity index (χ1v) is 13.7. The minimum Gasteiger partial charge on any atom is -0.497 e. The molecular weight excluding hydrogens is 490 g/mol. The smallest absolute Gasteiger partial charge is 0.337 e. The number of nitrogens with zero attached hydrogens (tertiary/aromatic N) is 2. The van der Waals surface area contributed by atoms with E-state index in [-0.39, 0.29) is 23.9 Å². The zero-order chi connectivity index (χ0) is 26.4. The Kier molecular flexibility index (Phi) is 8.87. The summed E-state index contributed by atoms with van der Waals surface area (Å²) in [5, 5.41) is 12.6. The fraction of sp³-hybridized carbons (Fsp3) is 0.464. The summed E-state index contributed by atoms with van der Waals surface area (Å²) in [5.41, 5.74) is 7.92. The highest BCUT2D eigenvalue weighted by atomic mass is 32.1. The molecule has 1 aromatic carbocycles. The van der Waals surface area contributed by atoms with Gasteiger partial charge in [0.1, 0.15) is 23.1 Å². The normalized spacial score (nSPS) is 14.9. The number of carbonyl (C=O) groups is 2. The number of carbonyl (C=O) groups excluding carboxylic acids is 1. The van der Waals surface area contributed by atoms with Crippen molar-refractivity contribution in [1.29, 1.82) is 0 Å². The molecule has 37 heavy (non-hydrogen) atoms. The number of amides is 1. The average molecular weight is 526 g/mol. The number of primary amides is 1. The molecule has 2 heterocycles. The Bertz CT molecular complexity index is 1210. The minimum absolute atomic E-state index is 0.0283. The molecule has 4 rings (SSSR count). The second-order valence-electron chi connectivity index (χ2n) is 9.69. The van der Waals surface area contributed by atoms with Crippen LogP contribution in [0.2, 0.25) is 0 Å². The second kappa shape index (κ2) is 12.3. The van der Waals surface area contributed by atoms with E-state index in [1.54, 1.807) is 13.2 Å². The van der Waals surface area contributed by atoms with Gasteiger partial charge in [-0.15, -0.1) is 11.3 Å². The lowest BCUT2D eigenvalue weighted by Crippen LogP contribution is -2.21. The van der Waals surface area contributed by atoms with Gasteiger partial charge >= 0.3 is 5.97 Å². The second-order valence-corrected chi connectivity index (χ2v) is 10.6. The van der Waals surface area contributed by atoms with Gasteiger partial charge in [-0.3, -0.25) is 4.79 Å². The molecule has 3 aromatic rings. The van der Waals surface area contributed by atoms with Crippen LogP contribution in [0.1, 0.15) is 78.5 Å². The topological polar surface area (TPSA) is 117 Å². The highest BCUT2D eigenvalue weighted by Crippen LogP contribution is 2.38. The van der Waals surface area contributed by atoms with Crippen molar-refractivity contribution in [1.82, 2.24) is 9.55 Å². The summed E-state index contributed by atoms with van der Waals surface area (Å²) in [7, 11) is 1.62. The van der Waals surface area contributed by atoms with Crippen LogP contribution in [0.3, 0.4) is 0 Å². The third-order valence-corrected chi connectivity index (χ3v) is 8.00. The minimum atomic E-state index is -0.970. The van der Waals surface area contributed by atoms with E-state index in [1.165, 1.54) is 30.6 Å². The molecule has 0 aliphatic heterocycles. The summed E-state index contributed by atoms with van der Waals surface area (Å²) in [4.78, 5) is 28.6. The maximum Gasteiger partial charge on any atom is 0.337 e. The van der Waals surface area contributed by atoms with Crippen molar-refractivity contribution in [3.05, 3.63) is 52.0 Å².